The largest absolute Gasteiger partial charge is 0.387 e. The number of rotatable bonds is 8. The van der Waals surface area contributed by atoms with E-state index in [-0.39, 0.29) is 12.3 Å². The molecular weight excluding hydrogens is 468 g/mol. The molecule has 5 atom stereocenters. The molecule has 1 aliphatic carbocycles. The number of nitrogens with one attached hydrogen (secondary N) is 3. The zero-order valence-corrected chi connectivity index (χ0v) is 19.8. The number of benzene rings is 1. The molecule has 2 fully saturated rings. The van der Waals surface area contributed by atoms with Crippen LogP contribution in [0.4, 0.5) is 0 Å². The fourth-order valence-electron chi connectivity index (χ4n) is 4.81. The van der Waals surface area contributed by atoms with Crippen LogP contribution < -0.4 is 21.9 Å². The maximum absolute atomic E-state index is 13.1. The lowest BCUT2D eigenvalue weighted by molar-refractivity contribution is -0.141. The van der Waals surface area contributed by atoms with Gasteiger partial charge < -0.3 is 25.6 Å². The first-order chi connectivity index (χ1) is 17.3. The summed E-state index contributed by atoms with van der Waals surface area (Å²) in [5.74, 6) is -0.739. The van der Waals surface area contributed by atoms with Crippen LogP contribution in [0.2, 0.25) is 0 Å². The number of H-pyrrole nitrogens is 1. The molecule has 1 aromatic carbocycles. The normalized spacial score (nSPS) is 25.3. The van der Waals surface area contributed by atoms with Crippen molar-refractivity contribution in [1.82, 2.24) is 20.2 Å². The Bertz CT molecular complexity index is 1160. The van der Waals surface area contributed by atoms with Crippen LogP contribution in [-0.4, -0.2) is 62.5 Å². The molecule has 1 aromatic heterocycles. The Morgan fingerprint density at radius 1 is 1.06 bits per heavy atom. The number of aromatic amines is 1. The van der Waals surface area contributed by atoms with Crippen LogP contribution in [0.5, 0.6) is 0 Å². The second-order valence-corrected chi connectivity index (χ2v) is 9.45. The highest BCUT2D eigenvalue weighted by Crippen LogP contribution is 2.28. The van der Waals surface area contributed by atoms with Gasteiger partial charge in [0.25, 0.3) is 11.5 Å². The summed E-state index contributed by atoms with van der Waals surface area (Å²) in [7, 11) is 0. The van der Waals surface area contributed by atoms with Crippen molar-refractivity contribution in [2.24, 2.45) is 5.92 Å². The van der Waals surface area contributed by atoms with Crippen molar-refractivity contribution in [2.75, 3.05) is 6.54 Å². The summed E-state index contributed by atoms with van der Waals surface area (Å²) in [4.78, 5) is 51.7. The lowest BCUT2D eigenvalue weighted by Crippen LogP contribution is -2.53. The first kappa shape index (κ1) is 25.8. The second-order valence-electron chi connectivity index (χ2n) is 9.45. The first-order valence-electron chi connectivity index (χ1n) is 12.3. The third-order valence-corrected chi connectivity index (χ3v) is 6.83. The smallest absolute Gasteiger partial charge is 0.330 e. The number of ether oxygens (including phenoxy) is 1. The monoisotopic (exact) mass is 500 g/mol. The molecule has 1 saturated heterocycles. The molecule has 1 saturated carbocycles. The van der Waals surface area contributed by atoms with Crippen LogP contribution in [0, 0.1) is 5.92 Å². The number of aromatic nitrogens is 2. The van der Waals surface area contributed by atoms with Gasteiger partial charge in [-0.05, 0) is 24.3 Å². The molecule has 11 heteroatoms. The summed E-state index contributed by atoms with van der Waals surface area (Å²) in [5.41, 5.74) is -0.661. The molecule has 194 valence electrons. The number of hydrogen-bond donors (Lipinski definition) is 5. The zero-order valence-electron chi connectivity index (χ0n) is 19.8. The minimum atomic E-state index is -1.66. The van der Waals surface area contributed by atoms with Gasteiger partial charge in [-0.1, -0.05) is 49.6 Å². The van der Waals surface area contributed by atoms with Gasteiger partial charge in [0.05, 0.1) is 0 Å². The number of carbonyl (C=O) groups is 2. The van der Waals surface area contributed by atoms with Gasteiger partial charge in [0.1, 0.15) is 18.2 Å². The zero-order chi connectivity index (χ0) is 25.7. The lowest BCUT2D eigenvalue weighted by Gasteiger charge is -2.25. The average Bonchev–Trinajstić information content (AvgIpc) is 3.17. The molecule has 0 unspecified atom stereocenters. The Morgan fingerprint density at radius 3 is 2.47 bits per heavy atom. The summed E-state index contributed by atoms with van der Waals surface area (Å²) >= 11 is 0. The topological polar surface area (TPSA) is 163 Å². The summed E-state index contributed by atoms with van der Waals surface area (Å²) in [5, 5.41) is 26.5. The molecule has 2 aromatic rings. The van der Waals surface area contributed by atoms with Crippen LogP contribution >= 0.6 is 0 Å². The van der Waals surface area contributed by atoms with Gasteiger partial charge >= 0.3 is 5.69 Å². The molecule has 0 spiro atoms. The van der Waals surface area contributed by atoms with E-state index in [0.29, 0.717) is 12.5 Å². The molecule has 2 heterocycles. The van der Waals surface area contributed by atoms with Crippen molar-refractivity contribution in [3.05, 3.63) is 69.0 Å². The fourth-order valence-corrected chi connectivity index (χ4v) is 4.81. The van der Waals surface area contributed by atoms with Gasteiger partial charge in [0.2, 0.25) is 5.91 Å². The predicted octanol–water partition coefficient (Wildman–Crippen LogP) is -0.420. The van der Waals surface area contributed by atoms with Gasteiger partial charge in [0, 0.05) is 25.2 Å². The van der Waals surface area contributed by atoms with Crippen LogP contribution in [0.15, 0.2) is 52.2 Å². The van der Waals surface area contributed by atoms with Crippen molar-refractivity contribution in [3.63, 3.8) is 0 Å². The molecule has 2 aliphatic rings. The first-order valence-corrected chi connectivity index (χ1v) is 12.3. The average molecular weight is 501 g/mol. The van der Waals surface area contributed by atoms with E-state index in [9.17, 15) is 29.4 Å². The van der Waals surface area contributed by atoms with Crippen LogP contribution in [0.3, 0.4) is 0 Å². The maximum atomic E-state index is 13.1. The molecule has 5 N–H and O–H groups in total. The molecule has 1 aliphatic heterocycles. The van der Waals surface area contributed by atoms with E-state index in [1.807, 2.05) is 35.3 Å². The predicted molar refractivity (Wildman–Crippen MR) is 129 cm³/mol. The van der Waals surface area contributed by atoms with Gasteiger partial charge in [0.15, 0.2) is 12.3 Å². The fraction of sp³-hybridized carbons (Fsp3) is 0.520. The Hall–Kier alpha value is -3.28. The van der Waals surface area contributed by atoms with Gasteiger partial charge in [-0.15, -0.1) is 0 Å². The van der Waals surface area contributed by atoms with E-state index < -0.39 is 47.7 Å². The standard InChI is InChI=1S/C25H32N4O7/c30-18-11-12-29(25(35)28-18)24-20(32)19(31)21(36-24)23(34)27-17(13-15-7-3-1-4-8-15)22(33)26-14-16-9-5-2-6-10-16/h1,3-4,7-8,11-12,16-17,19-21,24,31-32H,2,5-6,9-10,13-14H2,(H,26,33)(H,27,34)(H,28,30,35)/t17-,19+,20-,21+,24-/m1/s1. The van der Waals surface area contributed by atoms with Crippen molar-refractivity contribution in [1.29, 1.82) is 0 Å². The van der Waals surface area contributed by atoms with Crippen LogP contribution in [-0.2, 0) is 20.7 Å². The van der Waals surface area contributed by atoms with E-state index in [4.69, 9.17) is 4.74 Å². The highest BCUT2D eigenvalue weighted by Gasteiger charge is 2.48. The van der Waals surface area contributed by atoms with Crippen LogP contribution in [0.1, 0.15) is 43.9 Å². The summed E-state index contributed by atoms with van der Waals surface area (Å²) < 4.78 is 6.43. The van der Waals surface area contributed by atoms with E-state index in [2.05, 4.69) is 10.6 Å². The SMILES string of the molecule is O=C(N[C@H](Cc1ccccc1)C(=O)NCC1CCCCC1)[C@H]1O[C@@H](n2ccc(=O)[nH]c2=O)[C@H](O)[C@@H]1O. The second kappa shape index (κ2) is 11.6. The van der Waals surface area contributed by atoms with Gasteiger partial charge in [-0.3, -0.25) is 23.9 Å². The van der Waals surface area contributed by atoms with Crippen molar-refractivity contribution < 1.29 is 24.5 Å². The van der Waals surface area contributed by atoms with E-state index >= 15 is 0 Å². The summed E-state index contributed by atoms with van der Waals surface area (Å²) in [6, 6.07) is 9.33. The van der Waals surface area contributed by atoms with Crippen molar-refractivity contribution >= 4 is 11.8 Å². The van der Waals surface area contributed by atoms with Crippen molar-refractivity contribution in [2.45, 2.75) is 69.1 Å². The minimum absolute atomic E-state index is 0.220. The number of aliphatic hydroxyl groups is 2. The van der Waals surface area contributed by atoms with Gasteiger partial charge in [-0.25, -0.2) is 4.79 Å². The van der Waals surface area contributed by atoms with E-state index in [1.54, 1.807) is 0 Å². The highest BCUT2D eigenvalue weighted by atomic mass is 16.6. The quantitative estimate of drug-likeness (QED) is 0.329. The molecule has 2 amide bonds. The molecular formula is C25H32N4O7. The third-order valence-electron chi connectivity index (χ3n) is 6.83. The number of carbonyl (C=O) groups excluding carboxylic acids is 2. The summed E-state index contributed by atoms with van der Waals surface area (Å²) in [6.45, 7) is 0.526. The summed E-state index contributed by atoms with van der Waals surface area (Å²) in [6.07, 6.45) is 0.736. The molecule has 4 rings (SSSR count). The number of nitrogens with zero attached hydrogens (tertiary/aromatic N) is 1. The molecule has 0 bridgehead atoms. The molecule has 0 radical (unpaired) electrons. The third kappa shape index (κ3) is 6.10. The Balaban J connectivity index is 1.46. The molecule has 11 nitrogen and oxygen atoms in total. The molecule has 36 heavy (non-hydrogen) atoms. The Morgan fingerprint density at radius 2 is 1.78 bits per heavy atom. The lowest BCUT2D eigenvalue weighted by atomic mass is 9.89. The Kier molecular flexibility index (Phi) is 8.34. The van der Waals surface area contributed by atoms with Crippen molar-refractivity contribution in [3.8, 4) is 0 Å². The van der Waals surface area contributed by atoms with E-state index in [1.165, 1.54) is 6.42 Å². The Labute approximate surface area is 207 Å². The maximum Gasteiger partial charge on any atom is 0.330 e. The number of amides is 2. The highest BCUT2D eigenvalue weighted by molar-refractivity contribution is 5.90. The number of hydrogen-bond acceptors (Lipinski definition) is 7. The minimum Gasteiger partial charge on any atom is -0.387 e. The van der Waals surface area contributed by atoms with Crippen LogP contribution in [0.25, 0.3) is 0 Å². The number of aliphatic hydroxyl groups excluding tert-OH is 2. The van der Waals surface area contributed by atoms with E-state index in [0.717, 1.165) is 48.1 Å². The van der Waals surface area contributed by atoms with Gasteiger partial charge in [-0.2, -0.15) is 0 Å².